The molecule has 1 aromatic carbocycles. The van der Waals surface area contributed by atoms with Crippen LogP contribution in [-0.2, 0) is 12.6 Å². The lowest BCUT2D eigenvalue weighted by Crippen LogP contribution is -2.09. The highest BCUT2D eigenvalue weighted by atomic mass is 79.9. The molecular formula is C13H10BrF4NS. The second kappa shape index (κ2) is 6.13. The molecule has 2 rings (SSSR count). The number of hydrogen-bond donors (Lipinski definition) is 1. The van der Waals surface area contributed by atoms with E-state index in [0.29, 0.717) is 19.0 Å². The zero-order chi connectivity index (χ0) is 14.8. The van der Waals surface area contributed by atoms with Crippen molar-refractivity contribution in [2.75, 3.05) is 11.9 Å². The van der Waals surface area contributed by atoms with Crippen molar-refractivity contribution in [3.05, 3.63) is 50.4 Å². The Morgan fingerprint density at radius 3 is 2.45 bits per heavy atom. The van der Waals surface area contributed by atoms with Crippen molar-refractivity contribution in [2.24, 2.45) is 0 Å². The molecule has 7 heteroatoms. The molecule has 108 valence electrons. The van der Waals surface area contributed by atoms with E-state index in [1.807, 2.05) is 12.1 Å². The molecule has 0 saturated carbocycles. The average molecular weight is 368 g/mol. The molecule has 0 amide bonds. The number of benzene rings is 1. The molecule has 0 spiro atoms. The topological polar surface area (TPSA) is 12.0 Å². The van der Waals surface area contributed by atoms with Crippen LogP contribution in [0.25, 0.3) is 0 Å². The first-order valence-electron chi connectivity index (χ1n) is 5.71. The monoisotopic (exact) mass is 367 g/mol. The summed E-state index contributed by atoms with van der Waals surface area (Å²) >= 11 is 4.91. The molecule has 20 heavy (non-hydrogen) atoms. The van der Waals surface area contributed by atoms with E-state index < -0.39 is 17.6 Å². The Bertz CT molecular complexity index is 594. The Morgan fingerprint density at radius 2 is 1.90 bits per heavy atom. The highest BCUT2D eigenvalue weighted by molar-refractivity contribution is 9.11. The standard InChI is InChI=1S/C13H10BrF4NS/c14-12-4-2-9(20-12)5-6-19-11-3-1-8(7-10(11)15)13(16,17)18/h1-4,7,19H,5-6H2. The molecular weight excluding hydrogens is 358 g/mol. The minimum Gasteiger partial charge on any atom is -0.382 e. The summed E-state index contributed by atoms with van der Waals surface area (Å²) in [6, 6.07) is 6.35. The molecule has 0 radical (unpaired) electrons. The van der Waals surface area contributed by atoms with Crippen LogP contribution in [0.2, 0.25) is 0 Å². The summed E-state index contributed by atoms with van der Waals surface area (Å²) in [5.41, 5.74) is -0.906. The SMILES string of the molecule is Fc1cc(C(F)(F)F)ccc1NCCc1ccc(Br)s1. The number of nitrogens with one attached hydrogen (secondary N) is 1. The van der Waals surface area contributed by atoms with Crippen LogP contribution in [0.1, 0.15) is 10.4 Å². The van der Waals surface area contributed by atoms with E-state index in [4.69, 9.17) is 0 Å². The second-order valence-electron chi connectivity index (χ2n) is 4.07. The van der Waals surface area contributed by atoms with Gasteiger partial charge in [-0.2, -0.15) is 13.2 Å². The smallest absolute Gasteiger partial charge is 0.382 e. The zero-order valence-corrected chi connectivity index (χ0v) is 12.5. The summed E-state index contributed by atoms with van der Waals surface area (Å²) < 4.78 is 51.7. The molecule has 0 bridgehead atoms. The Hall–Kier alpha value is -1.08. The number of anilines is 1. The normalized spacial score (nSPS) is 11.7. The first-order chi connectivity index (χ1) is 9.36. The number of alkyl halides is 3. The maximum absolute atomic E-state index is 13.5. The maximum atomic E-state index is 13.5. The van der Waals surface area contributed by atoms with Gasteiger partial charge >= 0.3 is 6.18 Å². The summed E-state index contributed by atoms with van der Waals surface area (Å²) in [6.45, 7) is 0.454. The van der Waals surface area contributed by atoms with Gasteiger partial charge in [-0.1, -0.05) is 0 Å². The van der Waals surface area contributed by atoms with Gasteiger partial charge < -0.3 is 5.32 Å². The summed E-state index contributed by atoms with van der Waals surface area (Å²) in [4.78, 5) is 1.11. The molecule has 0 aliphatic rings. The van der Waals surface area contributed by atoms with Gasteiger partial charge in [-0.15, -0.1) is 11.3 Å². The van der Waals surface area contributed by atoms with Crippen LogP contribution < -0.4 is 5.32 Å². The van der Waals surface area contributed by atoms with Crippen molar-refractivity contribution in [3.8, 4) is 0 Å². The molecule has 0 aliphatic heterocycles. The van der Waals surface area contributed by atoms with Crippen LogP contribution >= 0.6 is 27.3 Å². The van der Waals surface area contributed by atoms with Crippen LogP contribution in [0.15, 0.2) is 34.1 Å². The van der Waals surface area contributed by atoms with Crippen LogP contribution in [0, 0.1) is 5.82 Å². The van der Waals surface area contributed by atoms with Gasteiger partial charge in [0.2, 0.25) is 0 Å². The first-order valence-corrected chi connectivity index (χ1v) is 7.32. The van der Waals surface area contributed by atoms with E-state index in [0.717, 1.165) is 20.8 Å². The van der Waals surface area contributed by atoms with Gasteiger partial charge in [0.05, 0.1) is 15.0 Å². The van der Waals surface area contributed by atoms with E-state index in [1.54, 1.807) is 11.3 Å². The van der Waals surface area contributed by atoms with Gasteiger partial charge in [0.15, 0.2) is 0 Å². The van der Waals surface area contributed by atoms with Gasteiger partial charge in [-0.25, -0.2) is 4.39 Å². The van der Waals surface area contributed by atoms with Crippen molar-refractivity contribution in [3.63, 3.8) is 0 Å². The highest BCUT2D eigenvalue weighted by Gasteiger charge is 2.31. The van der Waals surface area contributed by atoms with Crippen LogP contribution in [0.3, 0.4) is 0 Å². The third-order valence-corrected chi connectivity index (χ3v) is 4.30. The number of thiophene rings is 1. The van der Waals surface area contributed by atoms with Crippen LogP contribution in [-0.4, -0.2) is 6.54 Å². The second-order valence-corrected chi connectivity index (χ2v) is 6.62. The summed E-state index contributed by atoms with van der Waals surface area (Å²) in [7, 11) is 0. The fraction of sp³-hybridized carbons (Fsp3) is 0.231. The van der Waals surface area contributed by atoms with Crippen LogP contribution in [0.4, 0.5) is 23.2 Å². The lowest BCUT2D eigenvalue weighted by Gasteiger charge is -2.10. The average Bonchev–Trinajstić information content (AvgIpc) is 2.76. The van der Waals surface area contributed by atoms with Crippen molar-refractivity contribution >= 4 is 33.0 Å². The molecule has 0 unspecified atom stereocenters. The predicted octanol–water partition coefficient (Wildman–Crippen LogP) is 5.32. The summed E-state index contributed by atoms with van der Waals surface area (Å²) in [5.74, 6) is -0.896. The molecule has 0 atom stereocenters. The molecule has 0 aliphatic carbocycles. The van der Waals surface area contributed by atoms with Crippen molar-refractivity contribution < 1.29 is 17.6 Å². The fourth-order valence-corrected chi connectivity index (χ4v) is 3.12. The van der Waals surface area contributed by atoms with E-state index in [9.17, 15) is 17.6 Å². The minimum atomic E-state index is -4.53. The third-order valence-electron chi connectivity index (χ3n) is 2.61. The van der Waals surface area contributed by atoms with Crippen molar-refractivity contribution in [2.45, 2.75) is 12.6 Å². The lowest BCUT2D eigenvalue weighted by atomic mass is 10.2. The largest absolute Gasteiger partial charge is 0.416 e. The van der Waals surface area contributed by atoms with Gasteiger partial charge in [-0.05, 0) is 52.7 Å². The number of halogens is 5. The Labute approximate surface area is 125 Å². The highest BCUT2D eigenvalue weighted by Crippen LogP contribution is 2.31. The Kier molecular flexibility index (Phi) is 4.70. The summed E-state index contributed by atoms with van der Waals surface area (Å²) in [6.07, 6.45) is -3.85. The van der Waals surface area contributed by atoms with E-state index in [1.165, 1.54) is 0 Å². The predicted molar refractivity (Wildman–Crippen MR) is 75.6 cm³/mol. The fourth-order valence-electron chi connectivity index (χ4n) is 1.64. The molecule has 1 N–H and O–H groups in total. The van der Waals surface area contributed by atoms with Gasteiger partial charge in [0.25, 0.3) is 0 Å². The van der Waals surface area contributed by atoms with Gasteiger partial charge in [0, 0.05) is 11.4 Å². The number of rotatable bonds is 4. The van der Waals surface area contributed by atoms with E-state index in [2.05, 4.69) is 21.2 Å². The van der Waals surface area contributed by atoms with E-state index in [-0.39, 0.29) is 5.69 Å². The minimum absolute atomic E-state index is 0.0774. The van der Waals surface area contributed by atoms with Crippen molar-refractivity contribution in [1.29, 1.82) is 0 Å². The third kappa shape index (κ3) is 3.96. The molecule has 0 fully saturated rings. The first kappa shape index (κ1) is 15.3. The number of hydrogen-bond acceptors (Lipinski definition) is 2. The molecule has 0 saturated heterocycles. The van der Waals surface area contributed by atoms with Crippen molar-refractivity contribution in [1.82, 2.24) is 0 Å². The quantitative estimate of drug-likeness (QED) is 0.720. The molecule has 1 nitrogen and oxygen atoms in total. The van der Waals surface area contributed by atoms with Crippen LogP contribution in [0.5, 0.6) is 0 Å². The van der Waals surface area contributed by atoms with Gasteiger partial charge in [-0.3, -0.25) is 0 Å². The molecule has 1 aromatic heterocycles. The Balaban J connectivity index is 1.96. The summed E-state index contributed by atoms with van der Waals surface area (Å²) in [5, 5.41) is 2.80. The molecule has 1 heterocycles. The Morgan fingerprint density at radius 1 is 1.15 bits per heavy atom. The molecule has 2 aromatic rings. The zero-order valence-electron chi connectivity index (χ0n) is 10.1. The van der Waals surface area contributed by atoms with E-state index >= 15 is 0 Å². The lowest BCUT2D eigenvalue weighted by molar-refractivity contribution is -0.137. The maximum Gasteiger partial charge on any atom is 0.416 e. The van der Waals surface area contributed by atoms with Gasteiger partial charge in [0.1, 0.15) is 5.82 Å².